The number of carbonyl (C=O) groups is 1. The molecule has 1 rings (SSSR count). The van der Waals surface area contributed by atoms with Crippen molar-refractivity contribution in [2.75, 3.05) is 25.6 Å². The second-order valence-corrected chi connectivity index (χ2v) is 4.31. The molecule has 0 aliphatic carbocycles. The van der Waals surface area contributed by atoms with Gasteiger partial charge in [-0.2, -0.15) is 0 Å². The number of anilines is 1. The molecule has 0 fully saturated rings. The molecule has 1 atom stereocenters. The molecule has 1 aromatic rings. The van der Waals surface area contributed by atoms with Crippen molar-refractivity contribution >= 4 is 11.6 Å². The van der Waals surface area contributed by atoms with Crippen molar-refractivity contribution in [3.63, 3.8) is 0 Å². The smallest absolute Gasteiger partial charge is 0.227 e. The highest BCUT2D eigenvalue weighted by Crippen LogP contribution is 2.28. The number of hydrogen-bond donors (Lipinski definition) is 1. The van der Waals surface area contributed by atoms with Crippen LogP contribution in [0, 0.1) is 11.7 Å². The molecular formula is C13H19FN2O2. The van der Waals surface area contributed by atoms with E-state index in [1.807, 2.05) is 6.92 Å². The zero-order valence-electron chi connectivity index (χ0n) is 10.9. The van der Waals surface area contributed by atoms with Gasteiger partial charge in [0, 0.05) is 19.5 Å². The molecule has 1 aromatic carbocycles. The van der Waals surface area contributed by atoms with Gasteiger partial charge in [-0.25, -0.2) is 4.39 Å². The van der Waals surface area contributed by atoms with E-state index in [0.717, 1.165) is 0 Å². The number of hydrogen-bond acceptors (Lipinski definition) is 3. The molecule has 0 saturated heterocycles. The topological polar surface area (TPSA) is 55.6 Å². The van der Waals surface area contributed by atoms with Gasteiger partial charge in [-0.3, -0.25) is 4.79 Å². The summed E-state index contributed by atoms with van der Waals surface area (Å²) in [5, 5.41) is 0. The number of methoxy groups -OCH3 is 1. The highest BCUT2D eigenvalue weighted by molar-refractivity contribution is 5.94. The van der Waals surface area contributed by atoms with Crippen LogP contribution in [0.4, 0.5) is 10.1 Å². The van der Waals surface area contributed by atoms with Gasteiger partial charge in [0.1, 0.15) is 11.6 Å². The van der Waals surface area contributed by atoms with Gasteiger partial charge in [0.2, 0.25) is 5.91 Å². The van der Waals surface area contributed by atoms with Gasteiger partial charge >= 0.3 is 0 Å². The zero-order chi connectivity index (χ0) is 13.7. The lowest BCUT2D eigenvalue weighted by Gasteiger charge is -2.21. The first kappa shape index (κ1) is 14.4. The van der Waals surface area contributed by atoms with E-state index in [1.54, 1.807) is 7.05 Å². The molecule has 0 aromatic heterocycles. The summed E-state index contributed by atoms with van der Waals surface area (Å²) in [6, 6.07) is 4.08. The Hall–Kier alpha value is -1.62. The molecule has 1 amide bonds. The lowest BCUT2D eigenvalue weighted by molar-refractivity contribution is -0.119. The summed E-state index contributed by atoms with van der Waals surface area (Å²) in [7, 11) is 3.08. The molecule has 4 nitrogen and oxygen atoms in total. The van der Waals surface area contributed by atoms with Crippen molar-refractivity contribution < 1.29 is 13.9 Å². The minimum atomic E-state index is -0.405. The van der Waals surface area contributed by atoms with Crippen LogP contribution < -0.4 is 15.4 Å². The Balaban J connectivity index is 2.92. The number of halogens is 1. The van der Waals surface area contributed by atoms with E-state index < -0.39 is 5.82 Å². The molecule has 0 saturated carbocycles. The summed E-state index contributed by atoms with van der Waals surface area (Å²) in [5.74, 6) is 0.0429. The van der Waals surface area contributed by atoms with Crippen molar-refractivity contribution in [2.24, 2.45) is 11.7 Å². The summed E-state index contributed by atoms with van der Waals surface area (Å²) in [5.41, 5.74) is 5.91. The van der Waals surface area contributed by atoms with Crippen molar-refractivity contribution in [3.05, 3.63) is 24.0 Å². The number of nitrogens with zero attached hydrogens (tertiary/aromatic N) is 1. The average molecular weight is 254 g/mol. The fourth-order valence-electron chi connectivity index (χ4n) is 1.58. The first-order chi connectivity index (χ1) is 8.49. The first-order valence-corrected chi connectivity index (χ1v) is 5.79. The van der Waals surface area contributed by atoms with Gasteiger partial charge in [0.05, 0.1) is 12.8 Å². The van der Waals surface area contributed by atoms with Crippen molar-refractivity contribution in [1.82, 2.24) is 0 Å². The van der Waals surface area contributed by atoms with Crippen LogP contribution in [-0.2, 0) is 4.79 Å². The molecule has 100 valence electrons. The highest BCUT2D eigenvalue weighted by atomic mass is 19.1. The normalized spacial score (nSPS) is 12.1. The van der Waals surface area contributed by atoms with E-state index in [2.05, 4.69) is 0 Å². The van der Waals surface area contributed by atoms with E-state index in [-0.39, 0.29) is 11.8 Å². The molecule has 1 unspecified atom stereocenters. The first-order valence-electron chi connectivity index (χ1n) is 5.79. The third-order valence-electron chi connectivity index (χ3n) is 2.80. The van der Waals surface area contributed by atoms with Crippen LogP contribution in [0.15, 0.2) is 18.2 Å². The standard InChI is InChI=1S/C13H19FN2O2/c1-9(8-15)6-13(17)16(2)11-7-10(14)4-5-12(11)18-3/h4-5,7,9H,6,8,15H2,1-3H3. The summed E-state index contributed by atoms with van der Waals surface area (Å²) < 4.78 is 18.3. The van der Waals surface area contributed by atoms with Crippen molar-refractivity contribution in [1.29, 1.82) is 0 Å². The number of benzene rings is 1. The third kappa shape index (κ3) is 3.43. The number of amides is 1. The summed E-state index contributed by atoms with van der Waals surface area (Å²) >= 11 is 0. The predicted octanol–water partition coefficient (Wildman–Crippen LogP) is 1.78. The van der Waals surface area contributed by atoms with Crippen molar-refractivity contribution in [2.45, 2.75) is 13.3 Å². The maximum absolute atomic E-state index is 13.2. The summed E-state index contributed by atoms with van der Waals surface area (Å²) in [6.45, 7) is 2.34. The Morgan fingerprint density at radius 3 is 2.78 bits per heavy atom. The Morgan fingerprint density at radius 2 is 2.22 bits per heavy atom. The largest absolute Gasteiger partial charge is 0.495 e. The highest BCUT2D eigenvalue weighted by Gasteiger charge is 2.17. The van der Waals surface area contributed by atoms with Crippen LogP contribution in [0.3, 0.4) is 0 Å². The number of carbonyl (C=O) groups excluding carboxylic acids is 1. The van der Waals surface area contributed by atoms with Gasteiger partial charge in [0.25, 0.3) is 0 Å². The van der Waals surface area contributed by atoms with Crippen molar-refractivity contribution in [3.8, 4) is 5.75 Å². The van der Waals surface area contributed by atoms with Crippen LogP contribution in [0.1, 0.15) is 13.3 Å². The number of nitrogens with two attached hydrogens (primary N) is 1. The quantitative estimate of drug-likeness (QED) is 0.871. The molecule has 0 spiro atoms. The van der Waals surface area contributed by atoms with Crippen LogP contribution in [0.2, 0.25) is 0 Å². The summed E-state index contributed by atoms with van der Waals surface area (Å²) in [6.07, 6.45) is 0.326. The molecule has 2 N–H and O–H groups in total. The second kappa shape index (κ2) is 6.35. The third-order valence-corrected chi connectivity index (χ3v) is 2.80. The Kier molecular flexibility index (Phi) is 5.09. The number of ether oxygens (including phenoxy) is 1. The molecule has 5 heteroatoms. The minimum absolute atomic E-state index is 0.0968. The lowest BCUT2D eigenvalue weighted by Crippen LogP contribution is -2.29. The van der Waals surface area contributed by atoms with Gasteiger partial charge in [0.15, 0.2) is 0 Å². The Bertz CT molecular complexity index is 423. The molecule has 0 radical (unpaired) electrons. The maximum atomic E-state index is 13.2. The Morgan fingerprint density at radius 1 is 1.56 bits per heavy atom. The SMILES string of the molecule is COc1ccc(F)cc1N(C)C(=O)CC(C)CN. The van der Waals surface area contributed by atoms with Crippen LogP contribution in [0.5, 0.6) is 5.75 Å². The number of rotatable bonds is 5. The van der Waals surface area contributed by atoms with Gasteiger partial charge in [-0.05, 0) is 24.6 Å². The Labute approximate surface area is 107 Å². The van der Waals surface area contributed by atoms with E-state index in [4.69, 9.17) is 10.5 Å². The molecule has 18 heavy (non-hydrogen) atoms. The zero-order valence-corrected chi connectivity index (χ0v) is 10.9. The monoisotopic (exact) mass is 254 g/mol. The van der Waals surface area contributed by atoms with E-state index in [0.29, 0.717) is 24.4 Å². The molecule has 0 aliphatic heterocycles. The maximum Gasteiger partial charge on any atom is 0.227 e. The summed E-state index contributed by atoms with van der Waals surface area (Å²) in [4.78, 5) is 13.4. The second-order valence-electron chi connectivity index (χ2n) is 4.31. The molecular weight excluding hydrogens is 235 g/mol. The van der Waals surface area contributed by atoms with Crippen LogP contribution in [-0.4, -0.2) is 26.6 Å². The van der Waals surface area contributed by atoms with Gasteiger partial charge in [-0.15, -0.1) is 0 Å². The predicted molar refractivity (Wildman–Crippen MR) is 69.2 cm³/mol. The fraction of sp³-hybridized carbons (Fsp3) is 0.462. The molecule has 0 heterocycles. The minimum Gasteiger partial charge on any atom is -0.495 e. The van der Waals surface area contributed by atoms with E-state index in [9.17, 15) is 9.18 Å². The molecule has 0 aliphatic rings. The lowest BCUT2D eigenvalue weighted by atomic mass is 10.1. The van der Waals surface area contributed by atoms with Gasteiger partial charge < -0.3 is 15.4 Å². The van der Waals surface area contributed by atoms with Gasteiger partial charge in [-0.1, -0.05) is 6.92 Å². The fourth-order valence-corrected chi connectivity index (χ4v) is 1.58. The van der Waals surface area contributed by atoms with E-state index in [1.165, 1.54) is 30.2 Å². The van der Waals surface area contributed by atoms with E-state index >= 15 is 0 Å². The van der Waals surface area contributed by atoms with Crippen LogP contribution >= 0.6 is 0 Å². The molecule has 0 bridgehead atoms. The average Bonchev–Trinajstić information content (AvgIpc) is 2.37. The van der Waals surface area contributed by atoms with Crippen LogP contribution in [0.25, 0.3) is 0 Å².